The second-order valence-electron chi connectivity index (χ2n) is 4.92. The van der Waals surface area contributed by atoms with Gasteiger partial charge in [0.25, 0.3) is 0 Å². The molecule has 3 rings (SSSR count). The summed E-state index contributed by atoms with van der Waals surface area (Å²) in [5.41, 5.74) is 0.734. The van der Waals surface area contributed by atoms with Gasteiger partial charge in [0.1, 0.15) is 25.0 Å². The molecule has 10 heteroatoms. The molecule has 0 unspecified atom stereocenters. The average Bonchev–Trinajstić information content (AvgIpc) is 3.22. The molecule has 0 aliphatic heterocycles. The number of aliphatic carboxylic acids is 1. The SMILES string of the molecule is CSCCc1nc(-c2ccnc(-n3cnnc3)c2)n(CC(=O)O)n1. The monoisotopic (exact) mass is 345 g/mol. The molecule has 24 heavy (non-hydrogen) atoms. The Hall–Kier alpha value is -2.75. The number of rotatable bonds is 7. The lowest BCUT2D eigenvalue weighted by Crippen LogP contribution is -2.12. The number of carboxylic acids is 1. The minimum Gasteiger partial charge on any atom is -0.480 e. The molecule has 1 N–H and O–H groups in total. The molecule has 0 aliphatic rings. The van der Waals surface area contributed by atoms with Crippen LogP contribution in [0.1, 0.15) is 5.82 Å². The number of hydrogen-bond acceptors (Lipinski definition) is 7. The van der Waals surface area contributed by atoms with Crippen LogP contribution in [0.15, 0.2) is 31.0 Å². The fraction of sp³-hybridized carbons (Fsp3) is 0.286. The van der Waals surface area contributed by atoms with Crippen molar-refractivity contribution in [2.45, 2.75) is 13.0 Å². The molecule has 3 aromatic rings. The van der Waals surface area contributed by atoms with Crippen molar-refractivity contribution in [2.75, 3.05) is 12.0 Å². The summed E-state index contributed by atoms with van der Waals surface area (Å²) in [7, 11) is 0. The van der Waals surface area contributed by atoms with Gasteiger partial charge >= 0.3 is 5.97 Å². The molecular weight excluding hydrogens is 330 g/mol. The summed E-state index contributed by atoms with van der Waals surface area (Å²) in [6.07, 6.45) is 7.40. The first-order valence-corrected chi connectivity index (χ1v) is 8.52. The lowest BCUT2D eigenvalue weighted by Gasteiger charge is -2.05. The maximum Gasteiger partial charge on any atom is 0.325 e. The molecule has 0 aromatic carbocycles. The van der Waals surface area contributed by atoms with Crippen LogP contribution in [0.3, 0.4) is 0 Å². The second-order valence-corrected chi connectivity index (χ2v) is 5.90. The van der Waals surface area contributed by atoms with Gasteiger partial charge in [-0.05, 0) is 18.4 Å². The molecule has 0 radical (unpaired) electrons. The molecule has 0 amide bonds. The molecule has 0 saturated carbocycles. The van der Waals surface area contributed by atoms with E-state index in [1.54, 1.807) is 34.7 Å². The van der Waals surface area contributed by atoms with Gasteiger partial charge in [0.2, 0.25) is 0 Å². The smallest absolute Gasteiger partial charge is 0.325 e. The van der Waals surface area contributed by atoms with Crippen molar-refractivity contribution in [3.05, 3.63) is 36.8 Å². The highest BCUT2D eigenvalue weighted by Crippen LogP contribution is 2.20. The zero-order valence-corrected chi connectivity index (χ0v) is 13.7. The first kappa shape index (κ1) is 16.1. The van der Waals surface area contributed by atoms with E-state index in [1.165, 1.54) is 17.3 Å². The molecular formula is C14H15N7O2S. The van der Waals surface area contributed by atoms with E-state index < -0.39 is 5.97 Å². The fourth-order valence-corrected chi connectivity index (χ4v) is 2.54. The van der Waals surface area contributed by atoms with Gasteiger partial charge in [-0.3, -0.25) is 9.36 Å². The largest absolute Gasteiger partial charge is 0.480 e. The predicted molar refractivity (Wildman–Crippen MR) is 87.9 cm³/mol. The number of pyridine rings is 1. The van der Waals surface area contributed by atoms with Crippen LogP contribution in [0, 0.1) is 0 Å². The Bertz CT molecular complexity index is 832. The Balaban J connectivity index is 1.99. The Morgan fingerprint density at radius 1 is 1.33 bits per heavy atom. The van der Waals surface area contributed by atoms with Crippen LogP contribution in [0.2, 0.25) is 0 Å². The Morgan fingerprint density at radius 2 is 2.12 bits per heavy atom. The van der Waals surface area contributed by atoms with Crippen LogP contribution in [0.25, 0.3) is 17.2 Å². The Morgan fingerprint density at radius 3 is 2.83 bits per heavy atom. The molecule has 0 atom stereocenters. The highest BCUT2D eigenvalue weighted by Gasteiger charge is 2.15. The summed E-state index contributed by atoms with van der Waals surface area (Å²) < 4.78 is 3.07. The maximum absolute atomic E-state index is 11.1. The average molecular weight is 345 g/mol. The standard InChI is InChI=1S/C14H15N7O2S/c1-24-5-3-11-18-14(21(19-11)7-13(22)23)10-2-4-15-12(6-10)20-8-16-17-9-20/h2,4,6,8-9H,3,5,7H2,1H3,(H,22,23). The normalized spacial score (nSPS) is 10.9. The molecule has 0 fully saturated rings. The Labute approximate surface area is 141 Å². The van der Waals surface area contributed by atoms with Gasteiger partial charge < -0.3 is 5.11 Å². The molecule has 0 bridgehead atoms. The first-order valence-electron chi connectivity index (χ1n) is 7.13. The van der Waals surface area contributed by atoms with Crippen molar-refractivity contribution in [2.24, 2.45) is 0 Å². The molecule has 3 aromatic heterocycles. The number of carboxylic acid groups (broad SMARTS) is 1. The molecule has 9 nitrogen and oxygen atoms in total. The quantitative estimate of drug-likeness (QED) is 0.672. The summed E-state index contributed by atoms with van der Waals surface area (Å²) in [6, 6.07) is 3.57. The summed E-state index contributed by atoms with van der Waals surface area (Å²) in [5, 5.41) is 20.9. The third kappa shape index (κ3) is 3.59. The third-order valence-corrected chi connectivity index (χ3v) is 3.83. The van der Waals surface area contributed by atoms with Crippen LogP contribution in [0.4, 0.5) is 0 Å². The van der Waals surface area contributed by atoms with E-state index >= 15 is 0 Å². The molecule has 3 heterocycles. The molecule has 0 aliphatic carbocycles. The van der Waals surface area contributed by atoms with Crippen molar-refractivity contribution in [1.82, 2.24) is 34.5 Å². The topological polar surface area (TPSA) is 112 Å². The molecule has 0 spiro atoms. The predicted octanol–water partition coefficient (Wildman–Crippen LogP) is 0.911. The van der Waals surface area contributed by atoms with Crippen LogP contribution < -0.4 is 0 Å². The summed E-state index contributed by atoms with van der Waals surface area (Å²) in [6.45, 7) is -0.244. The van der Waals surface area contributed by atoms with E-state index in [4.69, 9.17) is 5.11 Å². The number of hydrogen-bond donors (Lipinski definition) is 1. The number of carbonyl (C=O) groups is 1. The van der Waals surface area contributed by atoms with E-state index in [9.17, 15) is 4.79 Å². The summed E-state index contributed by atoms with van der Waals surface area (Å²) >= 11 is 1.69. The lowest BCUT2D eigenvalue weighted by atomic mass is 10.2. The number of aromatic nitrogens is 7. The number of aryl methyl sites for hydroxylation is 1. The summed E-state index contributed by atoms with van der Waals surface area (Å²) in [4.78, 5) is 19.9. The van der Waals surface area contributed by atoms with Crippen molar-refractivity contribution in [3.63, 3.8) is 0 Å². The fourth-order valence-electron chi connectivity index (χ4n) is 2.16. The third-order valence-electron chi connectivity index (χ3n) is 3.22. The van der Waals surface area contributed by atoms with Crippen molar-refractivity contribution in [3.8, 4) is 17.2 Å². The Kier molecular flexibility index (Phi) is 4.85. The second kappa shape index (κ2) is 7.21. The van der Waals surface area contributed by atoms with Gasteiger partial charge in [-0.2, -0.15) is 16.9 Å². The van der Waals surface area contributed by atoms with Crippen molar-refractivity contribution in [1.29, 1.82) is 0 Å². The van der Waals surface area contributed by atoms with Gasteiger partial charge in [-0.1, -0.05) is 0 Å². The zero-order chi connectivity index (χ0) is 16.9. The summed E-state index contributed by atoms with van der Waals surface area (Å²) in [5.74, 6) is 1.66. The van der Waals surface area contributed by atoms with Crippen LogP contribution >= 0.6 is 11.8 Å². The number of nitrogens with zero attached hydrogens (tertiary/aromatic N) is 7. The van der Waals surface area contributed by atoms with E-state index in [2.05, 4.69) is 25.3 Å². The van der Waals surface area contributed by atoms with Gasteiger partial charge in [0.15, 0.2) is 11.6 Å². The minimum absolute atomic E-state index is 0.244. The maximum atomic E-state index is 11.1. The van der Waals surface area contributed by atoms with Crippen LogP contribution in [0.5, 0.6) is 0 Å². The van der Waals surface area contributed by atoms with Crippen molar-refractivity contribution >= 4 is 17.7 Å². The van der Waals surface area contributed by atoms with Crippen molar-refractivity contribution < 1.29 is 9.90 Å². The minimum atomic E-state index is -0.967. The van der Waals surface area contributed by atoms with Gasteiger partial charge in [0.05, 0.1) is 0 Å². The van der Waals surface area contributed by atoms with Gasteiger partial charge in [-0.15, -0.1) is 10.2 Å². The zero-order valence-electron chi connectivity index (χ0n) is 12.9. The van der Waals surface area contributed by atoms with Crippen LogP contribution in [-0.4, -0.2) is 57.6 Å². The van der Waals surface area contributed by atoms with Gasteiger partial charge in [-0.25, -0.2) is 14.6 Å². The van der Waals surface area contributed by atoms with Crippen LogP contribution in [-0.2, 0) is 17.8 Å². The highest BCUT2D eigenvalue weighted by atomic mass is 32.2. The van der Waals surface area contributed by atoms with E-state index in [-0.39, 0.29) is 6.54 Å². The van der Waals surface area contributed by atoms with E-state index in [0.29, 0.717) is 23.9 Å². The van der Waals surface area contributed by atoms with E-state index in [1.807, 2.05) is 6.26 Å². The molecule has 124 valence electrons. The first-order chi connectivity index (χ1) is 11.7. The van der Waals surface area contributed by atoms with E-state index in [0.717, 1.165) is 11.3 Å². The number of thioether (sulfide) groups is 1. The molecule has 0 saturated heterocycles. The van der Waals surface area contributed by atoms with Gasteiger partial charge in [0, 0.05) is 23.9 Å². The lowest BCUT2D eigenvalue weighted by molar-refractivity contribution is -0.137. The highest BCUT2D eigenvalue weighted by molar-refractivity contribution is 7.98.